The van der Waals surface area contributed by atoms with Crippen molar-refractivity contribution in [3.05, 3.63) is 30.2 Å². The molecular formula is C15H25IN6. The van der Waals surface area contributed by atoms with Gasteiger partial charge in [-0.05, 0) is 18.6 Å². The van der Waals surface area contributed by atoms with Gasteiger partial charge in [-0.3, -0.25) is 9.39 Å². The first kappa shape index (κ1) is 18.7. The molecule has 0 fully saturated rings. The van der Waals surface area contributed by atoms with E-state index in [2.05, 4.69) is 27.4 Å². The Morgan fingerprint density at radius 3 is 2.95 bits per heavy atom. The number of hydrogen-bond acceptors (Lipinski definition) is 3. The highest BCUT2D eigenvalue weighted by molar-refractivity contribution is 14.0. The normalized spacial score (nSPS) is 11.4. The zero-order valence-electron chi connectivity index (χ0n) is 13.0. The van der Waals surface area contributed by atoms with Crippen molar-refractivity contribution in [3.63, 3.8) is 0 Å². The number of fused-ring (bicyclic) bond motifs is 1. The van der Waals surface area contributed by atoms with Crippen molar-refractivity contribution in [1.82, 2.24) is 19.9 Å². The molecule has 0 radical (unpaired) electrons. The molecule has 0 spiro atoms. The van der Waals surface area contributed by atoms with Gasteiger partial charge in [0.05, 0.1) is 0 Å². The molecule has 7 heteroatoms. The van der Waals surface area contributed by atoms with E-state index in [9.17, 15) is 0 Å². The average molecular weight is 416 g/mol. The predicted molar refractivity (Wildman–Crippen MR) is 101 cm³/mol. The number of nitrogens with zero attached hydrogens (tertiary/aromatic N) is 4. The van der Waals surface area contributed by atoms with Crippen LogP contribution < -0.4 is 11.1 Å². The summed E-state index contributed by atoms with van der Waals surface area (Å²) in [4.78, 5) is 4.32. The highest BCUT2D eigenvalue weighted by atomic mass is 127. The summed E-state index contributed by atoms with van der Waals surface area (Å²) in [5, 5.41) is 11.4. The van der Waals surface area contributed by atoms with Gasteiger partial charge in [0.2, 0.25) is 0 Å². The van der Waals surface area contributed by atoms with Gasteiger partial charge in [0, 0.05) is 25.7 Å². The summed E-state index contributed by atoms with van der Waals surface area (Å²) in [5.41, 5.74) is 6.70. The van der Waals surface area contributed by atoms with Crippen LogP contribution in [0, 0.1) is 0 Å². The summed E-state index contributed by atoms with van der Waals surface area (Å²) < 4.78 is 1.99. The lowest BCUT2D eigenvalue weighted by Gasteiger charge is -2.05. The van der Waals surface area contributed by atoms with Crippen molar-refractivity contribution in [1.29, 1.82) is 0 Å². The number of aromatic nitrogens is 3. The van der Waals surface area contributed by atoms with Gasteiger partial charge in [0.15, 0.2) is 11.6 Å². The van der Waals surface area contributed by atoms with E-state index in [1.165, 1.54) is 19.3 Å². The topological polar surface area (TPSA) is 80.6 Å². The van der Waals surface area contributed by atoms with Gasteiger partial charge in [-0.2, -0.15) is 0 Å². The van der Waals surface area contributed by atoms with E-state index in [0.29, 0.717) is 12.5 Å². The van der Waals surface area contributed by atoms with Crippen LogP contribution in [0.25, 0.3) is 5.65 Å². The van der Waals surface area contributed by atoms with E-state index in [1.54, 1.807) is 0 Å². The molecule has 122 valence electrons. The van der Waals surface area contributed by atoms with Gasteiger partial charge in [0.1, 0.15) is 5.82 Å². The highest BCUT2D eigenvalue weighted by Gasteiger charge is 2.03. The monoisotopic (exact) mass is 416 g/mol. The highest BCUT2D eigenvalue weighted by Crippen LogP contribution is 2.02. The van der Waals surface area contributed by atoms with Gasteiger partial charge in [0.25, 0.3) is 0 Å². The molecule has 0 aromatic carbocycles. The minimum absolute atomic E-state index is 0. The molecule has 0 aliphatic carbocycles. The lowest BCUT2D eigenvalue weighted by Crippen LogP contribution is -2.33. The predicted octanol–water partition coefficient (Wildman–Crippen LogP) is 2.37. The first-order chi connectivity index (χ1) is 10.3. The third-order valence-corrected chi connectivity index (χ3v) is 3.33. The standard InChI is InChI=1S/C15H24N6.HI/c1-2-3-4-6-10-17-15(16)18-11-9-14-20-19-13-8-5-7-12-21(13)14;/h5,7-8,12H,2-4,6,9-11H2,1H3,(H3,16,17,18);1H. The smallest absolute Gasteiger partial charge is 0.188 e. The first-order valence-electron chi connectivity index (χ1n) is 7.63. The van der Waals surface area contributed by atoms with Crippen LogP contribution in [0.5, 0.6) is 0 Å². The molecule has 0 atom stereocenters. The molecule has 2 heterocycles. The Morgan fingerprint density at radius 2 is 2.14 bits per heavy atom. The second-order valence-electron chi connectivity index (χ2n) is 5.05. The molecule has 0 amide bonds. The number of pyridine rings is 1. The van der Waals surface area contributed by atoms with Crippen LogP contribution in [-0.2, 0) is 6.42 Å². The van der Waals surface area contributed by atoms with Crippen LogP contribution in [0.2, 0.25) is 0 Å². The Balaban J connectivity index is 0.00000242. The SMILES string of the molecule is CCCCCCN=C(N)NCCc1nnc2ccccn12.I. The Labute approximate surface area is 148 Å². The van der Waals surface area contributed by atoms with Gasteiger partial charge in [-0.15, -0.1) is 34.2 Å². The molecule has 0 unspecified atom stereocenters. The molecule has 3 N–H and O–H groups in total. The van der Waals surface area contributed by atoms with Crippen LogP contribution in [0.3, 0.4) is 0 Å². The summed E-state index contributed by atoms with van der Waals surface area (Å²) in [6, 6.07) is 5.87. The fraction of sp³-hybridized carbons (Fsp3) is 0.533. The molecule has 0 aliphatic rings. The maximum Gasteiger partial charge on any atom is 0.188 e. The quantitative estimate of drug-likeness (QED) is 0.300. The van der Waals surface area contributed by atoms with E-state index in [0.717, 1.165) is 30.9 Å². The van der Waals surface area contributed by atoms with E-state index >= 15 is 0 Å². The zero-order valence-corrected chi connectivity index (χ0v) is 15.4. The minimum atomic E-state index is 0. The summed E-state index contributed by atoms with van der Waals surface area (Å²) in [7, 11) is 0. The molecule has 22 heavy (non-hydrogen) atoms. The van der Waals surface area contributed by atoms with Crippen molar-refractivity contribution in [3.8, 4) is 0 Å². The van der Waals surface area contributed by atoms with Gasteiger partial charge >= 0.3 is 0 Å². The number of halogens is 1. The van der Waals surface area contributed by atoms with E-state index < -0.39 is 0 Å². The van der Waals surface area contributed by atoms with E-state index in [-0.39, 0.29) is 24.0 Å². The van der Waals surface area contributed by atoms with Crippen LogP contribution in [0.15, 0.2) is 29.4 Å². The van der Waals surface area contributed by atoms with Gasteiger partial charge < -0.3 is 11.1 Å². The number of hydrogen-bond donors (Lipinski definition) is 2. The molecule has 2 aromatic heterocycles. The van der Waals surface area contributed by atoms with Crippen LogP contribution >= 0.6 is 24.0 Å². The van der Waals surface area contributed by atoms with Crippen molar-refractivity contribution < 1.29 is 0 Å². The molecule has 2 rings (SSSR count). The Morgan fingerprint density at radius 1 is 1.27 bits per heavy atom. The number of nitrogens with one attached hydrogen (secondary N) is 1. The fourth-order valence-corrected chi connectivity index (χ4v) is 2.16. The average Bonchev–Trinajstić information content (AvgIpc) is 2.91. The third kappa shape index (κ3) is 5.78. The number of aliphatic imine (C=N–C) groups is 1. The molecule has 0 saturated carbocycles. The molecule has 0 saturated heterocycles. The van der Waals surface area contributed by atoms with Crippen molar-refractivity contribution >= 4 is 35.6 Å². The van der Waals surface area contributed by atoms with Crippen LogP contribution in [0.1, 0.15) is 38.4 Å². The van der Waals surface area contributed by atoms with E-state index in [4.69, 9.17) is 5.73 Å². The number of rotatable bonds is 8. The summed E-state index contributed by atoms with van der Waals surface area (Å²) in [5.74, 6) is 1.44. The second kappa shape index (κ2) is 10.4. The van der Waals surface area contributed by atoms with Crippen molar-refractivity contribution in [2.24, 2.45) is 10.7 Å². The largest absolute Gasteiger partial charge is 0.370 e. The summed E-state index contributed by atoms with van der Waals surface area (Å²) in [6.45, 7) is 3.71. The van der Waals surface area contributed by atoms with Crippen LogP contribution in [-0.4, -0.2) is 33.6 Å². The van der Waals surface area contributed by atoms with Crippen LogP contribution in [0.4, 0.5) is 0 Å². The molecule has 0 bridgehead atoms. The summed E-state index contributed by atoms with van der Waals surface area (Å²) >= 11 is 0. The molecule has 6 nitrogen and oxygen atoms in total. The lowest BCUT2D eigenvalue weighted by molar-refractivity contribution is 0.672. The lowest BCUT2D eigenvalue weighted by atomic mass is 10.2. The maximum absolute atomic E-state index is 5.84. The minimum Gasteiger partial charge on any atom is -0.370 e. The number of unbranched alkanes of at least 4 members (excludes halogenated alkanes) is 3. The third-order valence-electron chi connectivity index (χ3n) is 3.33. The zero-order chi connectivity index (χ0) is 14.9. The van der Waals surface area contributed by atoms with Gasteiger partial charge in [-0.25, -0.2) is 0 Å². The maximum atomic E-state index is 5.84. The van der Waals surface area contributed by atoms with Crippen molar-refractivity contribution in [2.45, 2.75) is 39.0 Å². The first-order valence-corrected chi connectivity index (χ1v) is 7.63. The second-order valence-corrected chi connectivity index (χ2v) is 5.05. The number of nitrogens with two attached hydrogens (primary N) is 1. The molecule has 0 aliphatic heterocycles. The van der Waals surface area contributed by atoms with Crippen molar-refractivity contribution in [2.75, 3.05) is 13.1 Å². The molecular weight excluding hydrogens is 391 g/mol. The fourth-order valence-electron chi connectivity index (χ4n) is 2.16. The Kier molecular flexibility index (Phi) is 8.79. The number of guanidine groups is 1. The Hall–Kier alpha value is -1.38. The molecule has 2 aromatic rings. The van der Waals surface area contributed by atoms with Gasteiger partial charge in [-0.1, -0.05) is 32.3 Å². The summed E-state index contributed by atoms with van der Waals surface area (Å²) in [6.07, 6.45) is 7.56. The van der Waals surface area contributed by atoms with E-state index in [1.807, 2.05) is 28.8 Å². The Bertz CT molecular complexity index is 580.